The molecule has 5 nitrogen and oxygen atoms in total. The Morgan fingerprint density at radius 1 is 1.36 bits per heavy atom. The van der Waals surface area contributed by atoms with Crippen molar-refractivity contribution >= 4 is 28.5 Å². The highest BCUT2D eigenvalue weighted by Crippen LogP contribution is 2.40. The summed E-state index contributed by atoms with van der Waals surface area (Å²) in [7, 11) is 0. The summed E-state index contributed by atoms with van der Waals surface area (Å²) in [6, 6.07) is 8.35. The fourth-order valence-corrected chi connectivity index (χ4v) is 3.59. The molecular weight excluding hydrogens is 433 g/mol. The summed E-state index contributed by atoms with van der Waals surface area (Å²) in [6.07, 6.45) is 2.94. The number of allylic oxidation sites excluding steroid dienone is 1. The van der Waals surface area contributed by atoms with E-state index < -0.39 is 6.29 Å². The molecule has 3 atom stereocenters. The first kappa shape index (κ1) is 18.7. The molecule has 2 heterocycles. The van der Waals surface area contributed by atoms with E-state index in [1.807, 2.05) is 13.0 Å². The van der Waals surface area contributed by atoms with E-state index in [0.717, 1.165) is 25.1 Å². The lowest BCUT2D eigenvalue weighted by molar-refractivity contribution is -0.168. The zero-order valence-electron chi connectivity index (χ0n) is 14.4. The van der Waals surface area contributed by atoms with Gasteiger partial charge < -0.3 is 19.5 Å². The first-order valence-corrected chi connectivity index (χ1v) is 9.87. The molecule has 1 saturated heterocycles. The van der Waals surface area contributed by atoms with Crippen LogP contribution in [0, 0.1) is 9.49 Å². The maximum atomic E-state index is 12.5. The molecule has 0 radical (unpaired) electrons. The van der Waals surface area contributed by atoms with Gasteiger partial charge in [0, 0.05) is 41.7 Å². The molecule has 2 aliphatic rings. The van der Waals surface area contributed by atoms with Crippen molar-refractivity contribution in [1.82, 2.24) is 4.90 Å². The second-order valence-electron chi connectivity index (χ2n) is 6.37. The number of aliphatic hydroxyl groups excluding tert-OH is 1. The van der Waals surface area contributed by atoms with E-state index in [1.54, 1.807) is 4.90 Å². The second kappa shape index (κ2) is 8.51. The van der Waals surface area contributed by atoms with Crippen LogP contribution >= 0.6 is 22.6 Å². The number of carbonyl (C=O) groups excluding carboxylic acids is 1. The highest BCUT2D eigenvalue weighted by Gasteiger charge is 2.40. The molecule has 1 amide bonds. The number of benzene rings is 1. The van der Waals surface area contributed by atoms with E-state index in [0.29, 0.717) is 18.8 Å². The smallest absolute Gasteiger partial charge is 0.288 e. The van der Waals surface area contributed by atoms with Crippen LogP contribution in [-0.2, 0) is 14.3 Å². The Bertz CT molecular complexity index is 627. The Labute approximate surface area is 162 Å². The molecule has 25 heavy (non-hydrogen) atoms. The number of hydrogen-bond donors (Lipinski definition) is 1. The monoisotopic (exact) mass is 457 g/mol. The SMILES string of the molecule is CCO[C@H]1OC(C(=O)N2CC2)=C[C@@H](c2ccc(I)cc2)[C@H]1CCCO. The third kappa shape index (κ3) is 4.54. The van der Waals surface area contributed by atoms with Crippen molar-refractivity contribution in [3.05, 3.63) is 45.2 Å². The molecule has 0 saturated carbocycles. The van der Waals surface area contributed by atoms with Crippen molar-refractivity contribution < 1.29 is 19.4 Å². The van der Waals surface area contributed by atoms with Crippen LogP contribution in [0.1, 0.15) is 31.2 Å². The minimum absolute atomic E-state index is 0.0350. The van der Waals surface area contributed by atoms with Gasteiger partial charge in [-0.25, -0.2) is 0 Å². The van der Waals surface area contributed by atoms with Crippen LogP contribution in [-0.4, -0.2) is 48.5 Å². The Balaban J connectivity index is 1.93. The van der Waals surface area contributed by atoms with Gasteiger partial charge in [-0.3, -0.25) is 4.79 Å². The van der Waals surface area contributed by atoms with Crippen molar-refractivity contribution in [3.8, 4) is 0 Å². The highest BCUT2D eigenvalue weighted by molar-refractivity contribution is 14.1. The van der Waals surface area contributed by atoms with Crippen LogP contribution in [0.4, 0.5) is 0 Å². The maximum absolute atomic E-state index is 12.5. The number of nitrogens with zero attached hydrogens (tertiary/aromatic N) is 1. The Hall–Kier alpha value is -1.12. The van der Waals surface area contributed by atoms with Gasteiger partial charge in [-0.2, -0.15) is 0 Å². The summed E-state index contributed by atoms with van der Waals surface area (Å²) < 4.78 is 12.9. The third-order valence-electron chi connectivity index (χ3n) is 4.61. The molecule has 0 spiro atoms. The molecule has 2 aliphatic heterocycles. The van der Waals surface area contributed by atoms with Gasteiger partial charge >= 0.3 is 0 Å². The van der Waals surface area contributed by atoms with E-state index >= 15 is 0 Å². The predicted octanol–water partition coefficient (Wildman–Crippen LogP) is 2.88. The molecule has 136 valence electrons. The number of hydrogen-bond acceptors (Lipinski definition) is 4. The zero-order valence-corrected chi connectivity index (χ0v) is 16.5. The van der Waals surface area contributed by atoms with Crippen molar-refractivity contribution in [1.29, 1.82) is 0 Å². The lowest BCUT2D eigenvalue weighted by Gasteiger charge is -2.37. The molecular formula is C19H24INO4. The average molecular weight is 457 g/mol. The van der Waals surface area contributed by atoms with Gasteiger partial charge in [0.2, 0.25) is 6.29 Å². The summed E-state index contributed by atoms with van der Waals surface area (Å²) in [5, 5.41) is 9.27. The van der Waals surface area contributed by atoms with Gasteiger partial charge in [0.15, 0.2) is 5.76 Å². The molecule has 3 rings (SSSR count). The van der Waals surface area contributed by atoms with Crippen molar-refractivity contribution in [3.63, 3.8) is 0 Å². The highest BCUT2D eigenvalue weighted by atomic mass is 127. The number of ether oxygens (including phenoxy) is 2. The number of aliphatic hydroxyl groups is 1. The average Bonchev–Trinajstić information content (AvgIpc) is 3.45. The van der Waals surface area contributed by atoms with Crippen LogP contribution in [0.3, 0.4) is 0 Å². The third-order valence-corrected chi connectivity index (χ3v) is 5.33. The van der Waals surface area contributed by atoms with E-state index in [-0.39, 0.29) is 24.3 Å². The van der Waals surface area contributed by atoms with Crippen LogP contribution in [0.5, 0.6) is 0 Å². The Morgan fingerprint density at radius 2 is 2.08 bits per heavy atom. The fourth-order valence-electron chi connectivity index (χ4n) is 3.23. The lowest BCUT2D eigenvalue weighted by atomic mass is 9.80. The molecule has 1 fully saturated rings. The van der Waals surface area contributed by atoms with Crippen LogP contribution < -0.4 is 0 Å². The van der Waals surface area contributed by atoms with Gasteiger partial charge in [0.1, 0.15) is 0 Å². The van der Waals surface area contributed by atoms with Crippen LogP contribution in [0.2, 0.25) is 0 Å². The van der Waals surface area contributed by atoms with Gasteiger partial charge in [-0.05, 0) is 66.1 Å². The summed E-state index contributed by atoms with van der Waals surface area (Å²) in [6.45, 7) is 4.17. The van der Waals surface area contributed by atoms with Gasteiger partial charge in [-0.1, -0.05) is 12.1 Å². The first-order chi connectivity index (χ1) is 12.1. The van der Waals surface area contributed by atoms with Gasteiger partial charge in [-0.15, -0.1) is 0 Å². The maximum Gasteiger partial charge on any atom is 0.288 e. The molecule has 0 aromatic heterocycles. The van der Waals surface area contributed by atoms with Crippen LogP contribution in [0.15, 0.2) is 36.1 Å². The summed E-state index contributed by atoms with van der Waals surface area (Å²) in [4.78, 5) is 14.3. The number of amides is 1. The normalized spacial score (nSPS) is 25.3. The summed E-state index contributed by atoms with van der Waals surface area (Å²) >= 11 is 2.29. The quantitative estimate of drug-likeness (QED) is 0.506. The molecule has 0 unspecified atom stereocenters. The predicted molar refractivity (Wildman–Crippen MR) is 103 cm³/mol. The molecule has 6 heteroatoms. The first-order valence-electron chi connectivity index (χ1n) is 8.79. The fraction of sp³-hybridized carbons (Fsp3) is 0.526. The van der Waals surface area contributed by atoms with Crippen molar-refractivity contribution in [2.75, 3.05) is 26.3 Å². The molecule has 1 aromatic rings. The standard InChI is InChI=1S/C19H24INO4/c1-2-24-19-15(4-3-11-22)16(13-5-7-14(20)8-6-13)12-17(25-19)18(23)21-9-10-21/h5-8,12,15-16,19,22H,2-4,9-11H2,1H3/t15-,16+,19+/m1/s1. The molecule has 1 N–H and O–H groups in total. The number of halogens is 1. The van der Waals surface area contributed by atoms with Crippen LogP contribution in [0.25, 0.3) is 0 Å². The molecule has 1 aromatic carbocycles. The number of carbonyl (C=O) groups is 1. The minimum Gasteiger partial charge on any atom is -0.459 e. The summed E-state index contributed by atoms with van der Waals surface area (Å²) in [5.41, 5.74) is 1.15. The van der Waals surface area contributed by atoms with Crippen molar-refractivity contribution in [2.45, 2.75) is 32.0 Å². The van der Waals surface area contributed by atoms with Gasteiger partial charge in [0.05, 0.1) is 0 Å². The Kier molecular flexibility index (Phi) is 6.35. The van der Waals surface area contributed by atoms with E-state index in [2.05, 4.69) is 46.9 Å². The van der Waals surface area contributed by atoms with Crippen molar-refractivity contribution in [2.24, 2.45) is 5.92 Å². The second-order valence-corrected chi connectivity index (χ2v) is 7.62. The topological polar surface area (TPSA) is 58.8 Å². The van der Waals surface area contributed by atoms with E-state index in [1.165, 1.54) is 3.57 Å². The Morgan fingerprint density at radius 3 is 2.68 bits per heavy atom. The number of rotatable bonds is 7. The minimum atomic E-state index is -0.468. The zero-order chi connectivity index (χ0) is 17.8. The molecule has 0 bridgehead atoms. The largest absolute Gasteiger partial charge is 0.459 e. The van der Waals surface area contributed by atoms with E-state index in [4.69, 9.17) is 9.47 Å². The summed E-state index contributed by atoms with van der Waals surface area (Å²) in [5.74, 6) is 0.436. The lowest BCUT2D eigenvalue weighted by Crippen LogP contribution is -2.37. The van der Waals surface area contributed by atoms with E-state index in [9.17, 15) is 9.90 Å². The van der Waals surface area contributed by atoms with Gasteiger partial charge in [0.25, 0.3) is 5.91 Å². The molecule has 0 aliphatic carbocycles.